The van der Waals surface area contributed by atoms with Gasteiger partial charge in [0.1, 0.15) is 0 Å². The number of nitriles is 1. The molecule has 26 heavy (non-hydrogen) atoms. The SMILES string of the molecule is CCC(C)(CC(C)C#N)C1CCCCC1(OC1CCCCO1)C(F)(F)F. The molecule has 3 nitrogen and oxygen atoms in total. The Morgan fingerprint density at radius 1 is 1.23 bits per heavy atom. The third-order valence-corrected chi connectivity index (χ3v) is 6.46. The smallest absolute Gasteiger partial charge is 0.353 e. The highest BCUT2D eigenvalue weighted by Gasteiger charge is 2.65. The quantitative estimate of drug-likeness (QED) is 0.573. The molecule has 0 bridgehead atoms. The summed E-state index contributed by atoms with van der Waals surface area (Å²) in [4.78, 5) is 0. The second kappa shape index (κ2) is 8.48. The highest BCUT2D eigenvalue weighted by molar-refractivity contribution is 5.05. The molecule has 0 aromatic carbocycles. The molecule has 0 aromatic heterocycles. The van der Waals surface area contributed by atoms with E-state index in [1.807, 2.05) is 13.8 Å². The molecule has 6 heteroatoms. The van der Waals surface area contributed by atoms with Gasteiger partial charge in [-0.3, -0.25) is 0 Å². The molecule has 1 saturated carbocycles. The molecule has 1 aliphatic carbocycles. The van der Waals surface area contributed by atoms with Crippen molar-refractivity contribution >= 4 is 0 Å². The second-order valence-electron chi connectivity index (χ2n) is 8.34. The Kier molecular flexibility index (Phi) is 7.01. The topological polar surface area (TPSA) is 42.2 Å². The molecule has 5 atom stereocenters. The Hall–Kier alpha value is -0.800. The van der Waals surface area contributed by atoms with Crippen molar-refractivity contribution in [2.24, 2.45) is 17.3 Å². The van der Waals surface area contributed by atoms with Gasteiger partial charge in [0, 0.05) is 18.4 Å². The maximum absolute atomic E-state index is 14.4. The molecule has 0 aromatic rings. The van der Waals surface area contributed by atoms with Crippen molar-refractivity contribution in [1.29, 1.82) is 5.26 Å². The molecule has 1 saturated heterocycles. The van der Waals surface area contributed by atoms with Crippen molar-refractivity contribution in [3.05, 3.63) is 0 Å². The zero-order valence-corrected chi connectivity index (χ0v) is 16.2. The summed E-state index contributed by atoms with van der Waals surface area (Å²) < 4.78 is 54.7. The molecule has 2 aliphatic rings. The summed E-state index contributed by atoms with van der Waals surface area (Å²) in [7, 11) is 0. The van der Waals surface area contributed by atoms with E-state index in [9.17, 15) is 18.4 Å². The van der Waals surface area contributed by atoms with E-state index < -0.39 is 29.4 Å². The van der Waals surface area contributed by atoms with Crippen LogP contribution in [0.4, 0.5) is 13.2 Å². The summed E-state index contributed by atoms with van der Waals surface area (Å²) in [6.45, 7) is 6.08. The average Bonchev–Trinajstić information content (AvgIpc) is 2.61. The fourth-order valence-electron chi connectivity index (χ4n) is 4.92. The van der Waals surface area contributed by atoms with Crippen LogP contribution in [0, 0.1) is 28.6 Å². The van der Waals surface area contributed by atoms with Crippen LogP contribution in [0.25, 0.3) is 0 Å². The highest BCUT2D eigenvalue weighted by atomic mass is 19.4. The van der Waals surface area contributed by atoms with Crippen molar-refractivity contribution < 1.29 is 22.6 Å². The molecule has 0 N–H and O–H groups in total. The van der Waals surface area contributed by atoms with Gasteiger partial charge in [-0.25, -0.2) is 0 Å². The van der Waals surface area contributed by atoms with Crippen molar-refractivity contribution in [3.63, 3.8) is 0 Å². The lowest BCUT2D eigenvalue weighted by molar-refractivity contribution is -0.362. The van der Waals surface area contributed by atoms with Crippen LogP contribution >= 0.6 is 0 Å². The second-order valence-corrected chi connectivity index (χ2v) is 8.34. The van der Waals surface area contributed by atoms with E-state index in [0.29, 0.717) is 38.7 Å². The number of hydrogen-bond acceptors (Lipinski definition) is 3. The zero-order chi connectivity index (χ0) is 19.4. The largest absolute Gasteiger partial charge is 0.417 e. The summed E-state index contributed by atoms with van der Waals surface area (Å²) in [5.74, 6) is -0.936. The minimum atomic E-state index is -4.45. The van der Waals surface area contributed by atoms with Crippen LogP contribution in [0.15, 0.2) is 0 Å². The minimum Gasteiger partial charge on any atom is -0.353 e. The van der Waals surface area contributed by atoms with Gasteiger partial charge in [0.25, 0.3) is 0 Å². The summed E-state index contributed by atoms with van der Waals surface area (Å²) >= 11 is 0. The molecule has 2 fully saturated rings. The van der Waals surface area contributed by atoms with Gasteiger partial charge >= 0.3 is 6.18 Å². The van der Waals surface area contributed by atoms with Crippen molar-refractivity contribution in [2.75, 3.05) is 6.61 Å². The third kappa shape index (κ3) is 4.36. The molecule has 0 radical (unpaired) electrons. The molecule has 150 valence electrons. The Balaban J connectivity index is 2.39. The van der Waals surface area contributed by atoms with Gasteiger partial charge in [-0.1, -0.05) is 33.1 Å². The van der Waals surface area contributed by atoms with Crippen LogP contribution in [0.2, 0.25) is 0 Å². The number of hydrogen-bond donors (Lipinski definition) is 0. The van der Waals surface area contributed by atoms with Crippen LogP contribution in [-0.4, -0.2) is 24.7 Å². The summed E-state index contributed by atoms with van der Waals surface area (Å²) in [6, 6.07) is 2.19. The van der Waals surface area contributed by atoms with Gasteiger partial charge in [-0.05, 0) is 50.9 Å². The number of alkyl halides is 3. The van der Waals surface area contributed by atoms with E-state index in [4.69, 9.17) is 9.47 Å². The first-order valence-electron chi connectivity index (χ1n) is 9.94. The maximum atomic E-state index is 14.4. The van der Waals surface area contributed by atoms with Crippen LogP contribution < -0.4 is 0 Å². The van der Waals surface area contributed by atoms with Gasteiger partial charge in [0.15, 0.2) is 11.9 Å². The Morgan fingerprint density at radius 2 is 1.92 bits per heavy atom. The molecule has 1 aliphatic heterocycles. The van der Waals surface area contributed by atoms with Gasteiger partial charge in [0.2, 0.25) is 0 Å². The maximum Gasteiger partial charge on any atom is 0.417 e. The molecular formula is C20H32F3NO2. The van der Waals surface area contributed by atoms with Gasteiger partial charge < -0.3 is 9.47 Å². The normalized spacial score (nSPS) is 33.9. The summed E-state index contributed by atoms with van der Waals surface area (Å²) in [6.07, 6.45) is -0.216. The van der Waals surface area contributed by atoms with Crippen LogP contribution in [0.3, 0.4) is 0 Å². The van der Waals surface area contributed by atoms with E-state index in [1.165, 1.54) is 0 Å². The predicted molar refractivity (Wildman–Crippen MR) is 93.2 cm³/mol. The predicted octanol–water partition coefficient (Wildman–Crippen LogP) is 5.99. The van der Waals surface area contributed by atoms with Crippen molar-refractivity contribution in [1.82, 2.24) is 0 Å². The van der Waals surface area contributed by atoms with E-state index >= 15 is 0 Å². The van der Waals surface area contributed by atoms with Gasteiger partial charge in [-0.15, -0.1) is 0 Å². The van der Waals surface area contributed by atoms with E-state index in [-0.39, 0.29) is 12.3 Å². The first kappa shape index (κ1) is 21.5. The molecule has 5 unspecified atom stereocenters. The third-order valence-electron chi connectivity index (χ3n) is 6.46. The first-order valence-corrected chi connectivity index (χ1v) is 9.94. The monoisotopic (exact) mass is 375 g/mol. The molecule has 0 spiro atoms. The first-order chi connectivity index (χ1) is 12.2. The van der Waals surface area contributed by atoms with E-state index in [2.05, 4.69) is 6.07 Å². The number of halogens is 3. The van der Waals surface area contributed by atoms with Gasteiger partial charge in [0.05, 0.1) is 6.07 Å². The fourth-order valence-corrected chi connectivity index (χ4v) is 4.92. The standard InChI is InChI=1S/C20H32F3NO2/c1-4-18(3,13-15(2)14-24)16-9-5-7-11-19(16,20(21,22)23)26-17-10-6-8-12-25-17/h15-17H,4-13H2,1-3H3. The number of rotatable bonds is 6. The minimum absolute atomic E-state index is 0.0163. The fraction of sp³-hybridized carbons (Fsp3) is 0.950. The Labute approximate surface area is 155 Å². The van der Waals surface area contributed by atoms with Crippen molar-refractivity contribution in [3.8, 4) is 6.07 Å². The van der Waals surface area contributed by atoms with E-state index in [1.54, 1.807) is 6.92 Å². The Bertz CT molecular complexity index is 498. The number of ether oxygens (including phenoxy) is 2. The van der Waals surface area contributed by atoms with Crippen LogP contribution in [-0.2, 0) is 9.47 Å². The van der Waals surface area contributed by atoms with Crippen LogP contribution in [0.5, 0.6) is 0 Å². The Morgan fingerprint density at radius 3 is 2.46 bits per heavy atom. The molecule has 2 rings (SSSR count). The lowest BCUT2D eigenvalue weighted by Gasteiger charge is -2.53. The van der Waals surface area contributed by atoms with Gasteiger partial charge in [-0.2, -0.15) is 18.4 Å². The highest BCUT2D eigenvalue weighted by Crippen LogP contribution is 2.57. The summed E-state index contributed by atoms with van der Waals surface area (Å²) in [5, 5.41) is 9.22. The molecular weight excluding hydrogens is 343 g/mol. The lowest BCUT2D eigenvalue weighted by atomic mass is 9.58. The van der Waals surface area contributed by atoms with Crippen LogP contribution in [0.1, 0.15) is 78.6 Å². The molecule has 1 heterocycles. The van der Waals surface area contributed by atoms with E-state index in [0.717, 1.165) is 19.3 Å². The summed E-state index contributed by atoms with van der Waals surface area (Å²) in [5.41, 5.74) is -2.77. The average molecular weight is 375 g/mol. The number of nitrogens with zero attached hydrogens (tertiary/aromatic N) is 1. The molecule has 0 amide bonds. The lowest BCUT2D eigenvalue weighted by Crippen LogP contribution is -2.61. The van der Waals surface area contributed by atoms with Crippen molar-refractivity contribution in [2.45, 2.75) is 96.6 Å². The zero-order valence-electron chi connectivity index (χ0n) is 16.2.